The molecule has 0 aliphatic carbocycles. The number of anilines is 1. The minimum Gasteiger partial charge on any atom is -0.493 e. The van der Waals surface area contributed by atoms with E-state index in [9.17, 15) is 0 Å². The first-order valence-corrected chi connectivity index (χ1v) is 7.29. The topological polar surface area (TPSA) is 54.3 Å². The van der Waals surface area contributed by atoms with Gasteiger partial charge >= 0.3 is 0 Å². The van der Waals surface area contributed by atoms with Crippen LogP contribution in [0.5, 0.6) is 11.5 Å². The summed E-state index contributed by atoms with van der Waals surface area (Å²) in [6.45, 7) is 3.13. The molecule has 0 atom stereocenters. The molecular weight excluding hydrogens is 300 g/mol. The fourth-order valence-corrected chi connectivity index (χ4v) is 2.24. The van der Waals surface area contributed by atoms with Gasteiger partial charge in [-0.25, -0.2) is 0 Å². The quantitative estimate of drug-likeness (QED) is 0.866. The molecule has 0 heterocycles. The van der Waals surface area contributed by atoms with Crippen LogP contribution in [0.4, 0.5) is 5.69 Å². The Hall–Kier alpha value is -2.38. The van der Waals surface area contributed by atoms with Crippen LogP contribution in [0, 0.1) is 11.3 Å². The first-order chi connectivity index (χ1) is 10.7. The number of halogens is 1. The monoisotopic (exact) mass is 316 g/mol. The van der Waals surface area contributed by atoms with Crippen molar-refractivity contribution in [3.63, 3.8) is 0 Å². The Kier molecular flexibility index (Phi) is 5.51. The van der Waals surface area contributed by atoms with E-state index >= 15 is 0 Å². The van der Waals surface area contributed by atoms with E-state index in [-0.39, 0.29) is 0 Å². The number of ether oxygens (including phenoxy) is 2. The van der Waals surface area contributed by atoms with Crippen LogP contribution in [-0.2, 0) is 6.54 Å². The maximum absolute atomic E-state index is 8.87. The van der Waals surface area contributed by atoms with Crippen LogP contribution in [-0.4, -0.2) is 13.7 Å². The average Bonchev–Trinajstić information content (AvgIpc) is 2.53. The van der Waals surface area contributed by atoms with Gasteiger partial charge in [-0.05, 0) is 42.8 Å². The fraction of sp³-hybridized carbons (Fsp3) is 0.235. The molecule has 2 rings (SSSR count). The van der Waals surface area contributed by atoms with E-state index in [2.05, 4.69) is 5.32 Å². The molecule has 0 aromatic heterocycles. The van der Waals surface area contributed by atoms with Crippen LogP contribution in [0.25, 0.3) is 0 Å². The number of nitriles is 1. The van der Waals surface area contributed by atoms with Gasteiger partial charge in [-0.15, -0.1) is 0 Å². The number of hydrogen-bond acceptors (Lipinski definition) is 4. The molecule has 5 heteroatoms. The van der Waals surface area contributed by atoms with Crippen molar-refractivity contribution in [2.45, 2.75) is 13.5 Å². The second-order valence-electron chi connectivity index (χ2n) is 4.58. The van der Waals surface area contributed by atoms with Gasteiger partial charge < -0.3 is 14.8 Å². The summed E-state index contributed by atoms with van der Waals surface area (Å²) < 4.78 is 10.8. The van der Waals surface area contributed by atoms with E-state index in [0.717, 1.165) is 17.0 Å². The molecule has 4 nitrogen and oxygen atoms in total. The third kappa shape index (κ3) is 3.84. The summed E-state index contributed by atoms with van der Waals surface area (Å²) in [4.78, 5) is 0. The minimum atomic E-state index is 0.442. The normalized spacial score (nSPS) is 9.91. The van der Waals surface area contributed by atoms with Crippen molar-refractivity contribution in [1.82, 2.24) is 0 Å². The zero-order valence-corrected chi connectivity index (χ0v) is 13.3. The standard InChI is InChI=1S/C17H17ClN2O2/c1-3-22-17-8-12(4-7-16(17)21-2)11-20-14-6-5-13(10-19)15(18)9-14/h4-9,20H,3,11H2,1-2H3. The first kappa shape index (κ1) is 16.0. The smallest absolute Gasteiger partial charge is 0.161 e. The summed E-state index contributed by atoms with van der Waals surface area (Å²) in [5.74, 6) is 1.44. The maximum Gasteiger partial charge on any atom is 0.161 e. The van der Waals surface area contributed by atoms with Gasteiger partial charge in [0.25, 0.3) is 0 Å². The molecule has 0 bridgehead atoms. The van der Waals surface area contributed by atoms with Gasteiger partial charge in [0.2, 0.25) is 0 Å². The van der Waals surface area contributed by atoms with Crippen LogP contribution in [0.1, 0.15) is 18.1 Å². The van der Waals surface area contributed by atoms with Crippen LogP contribution < -0.4 is 14.8 Å². The second kappa shape index (κ2) is 7.58. The lowest BCUT2D eigenvalue weighted by molar-refractivity contribution is 0.310. The van der Waals surface area contributed by atoms with E-state index < -0.39 is 0 Å². The number of hydrogen-bond donors (Lipinski definition) is 1. The number of rotatable bonds is 6. The van der Waals surface area contributed by atoms with Crippen LogP contribution in [0.3, 0.4) is 0 Å². The number of methoxy groups -OCH3 is 1. The highest BCUT2D eigenvalue weighted by atomic mass is 35.5. The van der Waals surface area contributed by atoms with Crippen molar-refractivity contribution in [3.05, 3.63) is 52.5 Å². The molecule has 0 amide bonds. The van der Waals surface area contributed by atoms with Crippen molar-refractivity contribution >= 4 is 17.3 Å². The van der Waals surface area contributed by atoms with E-state index in [1.165, 1.54) is 0 Å². The third-order valence-electron chi connectivity index (χ3n) is 3.11. The zero-order valence-electron chi connectivity index (χ0n) is 12.5. The molecule has 0 fully saturated rings. The lowest BCUT2D eigenvalue weighted by atomic mass is 10.2. The highest BCUT2D eigenvalue weighted by molar-refractivity contribution is 6.32. The molecule has 0 saturated carbocycles. The SMILES string of the molecule is CCOc1cc(CNc2ccc(C#N)c(Cl)c2)ccc1OC. The first-order valence-electron chi connectivity index (χ1n) is 6.91. The minimum absolute atomic E-state index is 0.442. The Labute approximate surface area is 135 Å². The number of nitrogens with one attached hydrogen (secondary N) is 1. The van der Waals surface area contributed by atoms with Crippen molar-refractivity contribution < 1.29 is 9.47 Å². The molecule has 0 aliphatic heterocycles. The molecule has 0 spiro atoms. The van der Waals surface area contributed by atoms with Crippen LogP contribution in [0.2, 0.25) is 5.02 Å². The summed E-state index contributed by atoms with van der Waals surface area (Å²) >= 11 is 6.02. The predicted octanol–water partition coefficient (Wildman–Crippen LogP) is 4.23. The molecule has 0 aliphatic rings. The summed E-state index contributed by atoms with van der Waals surface area (Å²) in [5.41, 5.74) is 2.39. The Morgan fingerprint density at radius 2 is 2.00 bits per heavy atom. The molecular formula is C17H17ClN2O2. The summed E-state index contributed by atoms with van der Waals surface area (Å²) in [6, 6.07) is 13.1. The molecule has 2 aromatic rings. The zero-order chi connectivity index (χ0) is 15.9. The summed E-state index contributed by atoms with van der Waals surface area (Å²) in [5, 5.41) is 12.6. The Bertz CT molecular complexity index is 696. The molecule has 0 unspecified atom stereocenters. The van der Waals surface area contributed by atoms with E-state index in [4.69, 9.17) is 26.3 Å². The van der Waals surface area contributed by atoms with Crippen molar-refractivity contribution in [1.29, 1.82) is 5.26 Å². The molecule has 0 radical (unpaired) electrons. The molecule has 0 saturated heterocycles. The fourth-order valence-electron chi connectivity index (χ4n) is 2.02. The number of benzene rings is 2. The van der Waals surface area contributed by atoms with Gasteiger partial charge in [-0.2, -0.15) is 5.26 Å². The molecule has 114 valence electrons. The molecule has 1 N–H and O–H groups in total. The molecule has 22 heavy (non-hydrogen) atoms. The van der Waals surface area contributed by atoms with E-state index in [1.54, 1.807) is 19.2 Å². The number of nitrogens with zero attached hydrogens (tertiary/aromatic N) is 1. The Balaban J connectivity index is 2.10. The average molecular weight is 317 g/mol. The predicted molar refractivity (Wildman–Crippen MR) is 87.7 cm³/mol. The van der Waals surface area contributed by atoms with Gasteiger partial charge in [-0.3, -0.25) is 0 Å². The molecule has 2 aromatic carbocycles. The van der Waals surface area contributed by atoms with Crippen molar-refractivity contribution in [2.24, 2.45) is 0 Å². The van der Waals surface area contributed by atoms with Crippen molar-refractivity contribution in [3.8, 4) is 17.6 Å². The second-order valence-corrected chi connectivity index (χ2v) is 4.99. The maximum atomic E-state index is 8.87. The van der Waals surface area contributed by atoms with Gasteiger partial charge in [0.05, 0.1) is 24.3 Å². The highest BCUT2D eigenvalue weighted by Crippen LogP contribution is 2.28. The lowest BCUT2D eigenvalue weighted by Gasteiger charge is -2.12. The van der Waals surface area contributed by atoms with E-state index in [1.807, 2.05) is 37.3 Å². The van der Waals surface area contributed by atoms with Crippen LogP contribution >= 0.6 is 11.6 Å². The Morgan fingerprint density at radius 1 is 1.18 bits per heavy atom. The van der Waals surface area contributed by atoms with Gasteiger partial charge in [0.1, 0.15) is 6.07 Å². The van der Waals surface area contributed by atoms with E-state index in [0.29, 0.717) is 29.5 Å². The van der Waals surface area contributed by atoms with Crippen LogP contribution in [0.15, 0.2) is 36.4 Å². The van der Waals surface area contributed by atoms with Gasteiger partial charge in [-0.1, -0.05) is 17.7 Å². The highest BCUT2D eigenvalue weighted by Gasteiger charge is 2.06. The van der Waals surface area contributed by atoms with Crippen molar-refractivity contribution in [2.75, 3.05) is 19.0 Å². The largest absolute Gasteiger partial charge is 0.493 e. The summed E-state index contributed by atoms with van der Waals surface area (Å²) in [7, 11) is 1.62. The third-order valence-corrected chi connectivity index (χ3v) is 3.43. The summed E-state index contributed by atoms with van der Waals surface area (Å²) in [6.07, 6.45) is 0. The lowest BCUT2D eigenvalue weighted by Crippen LogP contribution is -2.01. The van der Waals surface area contributed by atoms with Gasteiger partial charge in [0.15, 0.2) is 11.5 Å². The Morgan fingerprint density at radius 3 is 2.64 bits per heavy atom. The van der Waals surface area contributed by atoms with Gasteiger partial charge in [0, 0.05) is 12.2 Å².